The number of alkyl carbamates (subject to hydrolysis) is 1. The van der Waals surface area contributed by atoms with Gasteiger partial charge in [-0.3, -0.25) is 10.1 Å². The van der Waals surface area contributed by atoms with Crippen LogP contribution in [-0.2, 0) is 9.53 Å². The van der Waals surface area contributed by atoms with Crippen molar-refractivity contribution in [2.45, 2.75) is 40.2 Å². The first-order chi connectivity index (χ1) is 11.2. The largest absolute Gasteiger partial charge is 0.444 e. The maximum atomic E-state index is 12.5. The molecule has 0 atom stereocenters. The van der Waals surface area contributed by atoms with Gasteiger partial charge in [-0.05, 0) is 40.7 Å². The number of carbonyl (C=O) groups excluding carboxylic acids is 2. The summed E-state index contributed by atoms with van der Waals surface area (Å²) in [6.45, 7) is 16.1. The molecule has 0 aliphatic carbocycles. The Hall–Kier alpha value is -2.62. The lowest BCUT2D eigenvalue weighted by molar-refractivity contribution is -0.111. The van der Waals surface area contributed by atoms with E-state index in [9.17, 15) is 9.59 Å². The van der Waals surface area contributed by atoms with Gasteiger partial charge >= 0.3 is 6.09 Å². The predicted molar refractivity (Wildman–Crippen MR) is 99.5 cm³/mol. The lowest BCUT2D eigenvalue weighted by Gasteiger charge is -2.20. The van der Waals surface area contributed by atoms with Gasteiger partial charge in [0.15, 0.2) is 5.78 Å². The molecular weight excluding hydrogens is 302 g/mol. The van der Waals surface area contributed by atoms with Gasteiger partial charge in [0, 0.05) is 16.8 Å². The Morgan fingerprint density at radius 3 is 2.12 bits per heavy atom. The Labute approximate surface area is 145 Å². The highest BCUT2D eigenvalue weighted by molar-refractivity contribution is 6.12. The fourth-order valence-electron chi connectivity index (χ4n) is 1.68. The molecule has 0 unspecified atom stereocenters. The van der Waals surface area contributed by atoms with E-state index in [1.807, 2.05) is 6.92 Å². The van der Waals surface area contributed by atoms with Crippen LogP contribution in [0.4, 0.5) is 4.79 Å². The molecule has 0 aromatic rings. The van der Waals surface area contributed by atoms with Crippen LogP contribution in [0, 0.1) is 0 Å². The van der Waals surface area contributed by atoms with Crippen molar-refractivity contribution in [2.24, 2.45) is 0 Å². The van der Waals surface area contributed by atoms with Crippen molar-refractivity contribution >= 4 is 11.9 Å². The number of allylic oxidation sites excluding steroid dienone is 9. The van der Waals surface area contributed by atoms with Crippen molar-refractivity contribution in [3.05, 3.63) is 72.5 Å². The number of amides is 1. The second kappa shape index (κ2) is 10.2. The smallest absolute Gasteiger partial charge is 0.412 e. The maximum absolute atomic E-state index is 12.5. The molecule has 0 fully saturated rings. The minimum absolute atomic E-state index is 0.215. The second-order valence-corrected chi connectivity index (χ2v) is 5.86. The van der Waals surface area contributed by atoms with Gasteiger partial charge < -0.3 is 4.74 Å². The standard InChI is InChI=1S/C20H27NO3/c1-8-12-15(10-3)18(22)16(13-9-2)14-17(11-4)21-19(23)24-20(5,6)7/h8-14H,1,3H2,2,4-7H3,(H,21,23)/b13-9-,15-12+,16-14+,17-11+. The summed E-state index contributed by atoms with van der Waals surface area (Å²) in [4.78, 5) is 24.4. The Balaban J connectivity index is 5.52. The van der Waals surface area contributed by atoms with E-state index in [0.29, 0.717) is 16.8 Å². The Bertz CT molecular complexity index is 611. The number of rotatable bonds is 7. The van der Waals surface area contributed by atoms with Gasteiger partial charge in [0.05, 0.1) is 0 Å². The maximum Gasteiger partial charge on any atom is 0.412 e. The predicted octanol–water partition coefficient (Wildman–Crippen LogP) is 4.78. The van der Waals surface area contributed by atoms with Gasteiger partial charge in [-0.15, -0.1) is 0 Å². The normalized spacial score (nSPS) is 13.6. The van der Waals surface area contributed by atoms with Crippen LogP contribution < -0.4 is 5.32 Å². The molecule has 0 aliphatic heterocycles. The number of ketones is 1. The quantitative estimate of drug-likeness (QED) is 0.540. The summed E-state index contributed by atoms with van der Waals surface area (Å²) in [6, 6.07) is 0. The van der Waals surface area contributed by atoms with Crippen molar-refractivity contribution < 1.29 is 14.3 Å². The fraction of sp³-hybridized carbons (Fsp3) is 0.300. The number of Topliss-reactive ketones (excluding diaryl/α,β-unsaturated/α-hetero) is 1. The highest BCUT2D eigenvalue weighted by Gasteiger charge is 2.17. The highest BCUT2D eigenvalue weighted by atomic mass is 16.6. The first kappa shape index (κ1) is 21.4. The molecule has 0 aromatic carbocycles. The Morgan fingerprint density at radius 2 is 1.71 bits per heavy atom. The summed E-state index contributed by atoms with van der Waals surface area (Å²) in [6.07, 6.45) is 10.7. The molecule has 0 saturated carbocycles. The molecule has 0 bridgehead atoms. The summed E-state index contributed by atoms with van der Waals surface area (Å²) in [7, 11) is 0. The van der Waals surface area contributed by atoms with Crippen molar-refractivity contribution in [1.29, 1.82) is 0 Å². The average molecular weight is 329 g/mol. The van der Waals surface area contributed by atoms with Crippen LogP contribution in [0.1, 0.15) is 34.6 Å². The van der Waals surface area contributed by atoms with Crippen molar-refractivity contribution in [3.63, 3.8) is 0 Å². The summed E-state index contributed by atoms with van der Waals surface area (Å²) >= 11 is 0. The zero-order chi connectivity index (χ0) is 18.8. The molecule has 130 valence electrons. The Morgan fingerprint density at radius 1 is 1.08 bits per heavy atom. The van der Waals surface area contributed by atoms with Crippen molar-refractivity contribution in [3.8, 4) is 0 Å². The van der Waals surface area contributed by atoms with Crippen molar-refractivity contribution in [2.75, 3.05) is 0 Å². The third kappa shape index (κ3) is 8.13. The van der Waals surface area contributed by atoms with Gasteiger partial charge in [-0.1, -0.05) is 49.6 Å². The molecule has 24 heavy (non-hydrogen) atoms. The van der Waals surface area contributed by atoms with Crippen LogP contribution in [0.25, 0.3) is 0 Å². The number of hydrogen-bond donors (Lipinski definition) is 1. The lowest BCUT2D eigenvalue weighted by Crippen LogP contribution is -2.31. The monoisotopic (exact) mass is 329 g/mol. The first-order valence-corrected chi connectivity index (χ1v) is 7.69. The summed E-state index contributed by atoms with van der Waals surface area (Å²) in [5.41, 5.74) is 0.696. The van der Waals surface area contributed by atoms with Crippen LogP contribution in [0.15, 0.2) is 72.5 Å². The number of nitrogens with one attached hydrogen (secondary N) is 1. The van der Waals surface area contributed by atoms with E-state index < -0.39 is 11.7 Å². The topological polar surface area (TPSA) is 55.4 Å². The van der Waals surface area contributed by atoms with Gasteiger partial charge in [0.1, 0.15) is 5.60 Å². The zero-order valence-corrected chi connectivity index (χ0v) is 15.2. The van der Waals surface area contributed by atoms with E-state index in [0.717, 1.165) is 0 Å². The Kier molecular flexibility index (Phi) is 9.10. The molecular formula is C20H27NO3. The first-order valence-electron chi connectivity index (χ1n) is 7.69. The van der Waals surface area contributed by atoms with Gasteiger partial charge in [0.25, 0.3) is 0 Å². The number of carbonyl (C=O) groups is 2. The van der Waals surface area contributed by atoms with Crippen LogP contribution >= 0.6 is 0 Å². The fourth-order valence-corrected chi connectivity index (χ4v) is 1.68. The summed E-state index contributed by atoms with van der Waals surface area (Å²) in [5.74, 6) is -0.215. The van der Waals surface area contributed by atoms with E-state index >= 15 is 0 Å². The van der Waals surface area contributed by atoms with Crippen LogP contribution in [0.2, 0.25) is 0 Å². The van der Waals surface area contributed by atoms with E-state index in [4.69, 9.17) is 4.74 Å². The van der Waals surface area contributed by atoms with Crippen molar-refractivity contribution in [1.82, 2.24) is 5.32 Å². The van der Waals surface area contributed by atoms with Crippen LogP contribution in [-0.4, -0.2) is 17.5 Å². The van der Waals surface area contributed by atoms with Gasteiger partial charge in [-0.25, -0.2) is 4.79 Å². The number of hydrogen-bond acceptors (Lipinski definition) is 3. The molecule has 0 heterocycles. The van der Waals surface area contributed by atoms with E-state index in [1.165, 1.54) is 12.2 Å². The molecule has 0 saturated heterocycles. The lowest BCUT2D eigenvalue weighted by atomic mass is 10.0. The third-order valence-electron chi connectivity index (χ3n) is 2.66. The summed E-state index contributed by atoms with van der Waals surface area (Å²) < 4.78 is 5.22. The highest BCUT2D eigenvalue weighted by Crippen LogP contribution is 2.13. The minimum atomic E-state index is -0.600. The second-order valence-electron chi connectivity index (χ2n) is 5.86. The molecule has 4 heteroatoms. The molecule has 0 aliphatic rings. The molecule has 4 nitrogen and oxygen atoms in total. The average Bonchev–Trinajstić information content (AvgIpc) is 2.48. The van der Waals surface area contributed by atoms with Gasteiger partial charge in [-0.2, -0.15) is 0 Å². The minimum Gasteiger partial charge on any atom is -0.444 e. The molecule has 0 aromatic heterocycles. The van der Waals surface area contributed by atoms with E-state index in [2.05, 4.69) is 18.5 Å². The molecule has 0 radical (unpaired) electrons. The SMILES string of the molecule is C=C/C=C(\C=C)C(=O)C(/C=C\C)=C/C(=C\C)NC(=O)OC(C)(C)C. The van der Waals surface area contributed by atoms with Crippen LogP contribution in [0.3, 0.4) is 0 Å². The summed E-state index contributed by atoms with van der Waals surface area (Å²) in [5, 5.41) is 2.63. The third-order valence-corrected chi connectivity index (χ3v) is 2.66. The molecule has 1 amide bonds. The number of ether oxygens (including phenoxy) is 1. The van der Waals surface area contributed by atoms with E-state index in [-0.39, 0.29) is 5.78 Å². The molecule has 1 N–H and O–H groups in total. The zero-order valence-electron chi connectivity index (χ0n) is 15.2. The molecule has 0 spiro atoms. The molecule has 0 rings (SSSR count). The van der Waals surface area contributed by atoms with Gasteiger partial charge in [0.2, 0.25) is 0 Å². The van der Waals surface area contributed by atoms with E-state index in [1.54, 1.807) is 58.1 Å². The van der Waals surface area contributed by atoms with Crippen LogP contribution in [0.5, 0.6) is 0 Å².